The average Bonchev–Trinajstić information content (AvgIpc) is 2.54. The Morgan fingerprint density at radius 1 is 1.18 bits per heavy atom. The number of likely N-dealkylation sites (N-methyl/N-ethyl adjacent to an activating group) is 1. The highest BCUT2D eigenvalue weighted by atomic mass is 32.2. The Balaban J connectivity index is 1.97. The molecule has 0 unspecified atom stereocenters. The van der Waals surface area contributed by atoms with Gasteiger partial charge in [-0.05, 0) is 42.5 Å². The van der Waals surface area contributed by atoms with Crippen LogP contribution in [0.3, 0.4) is 0 Å². The topological polar surface area (TPSA) is 49.4 Å². The van der Waals surface area contributed by atoms with Crippen LogP contribution in [0.1, 0.15) is 33.8 Å². The number of nitrogens with zero attached hydrogens (tertiary/aromatic N) is 1. The van der Waals surface area contributed by atoms with Crippen LogP contribution in [0.4, 0.5) is 0 Å². The van der Waals surface area contributed by atoms with Gasteiger partial charge in [-0.2, -0.15) is 0 Å². The smallest absolute Gasteiger partial charge is 0.251 e. The zero-order valence-electron chi connectivity index (χ0n) is 13.2. The zero-order chi connectivity index (χ0) is 16.1. The van der Waals surface area contributed by atoms with Crippen molar-refractivity contribution in [2.75, 3.05) is 25.6 Å². The molecule has 2 rings (SSSR count). The predicted molar refractivity (Wildman–Crippen MR) is 94.3 cm³/mol. The molecule has 2 amide bonds. The summed E-state index contributed by atoms with van der Waals surface area (Å²) in [6, 6.07) is 7.19. The molecule has 1 saturated heterocycles. The van der Waals surface area contributed by atoms with E-state index in [0.29, 0.717) is 10.1 Å². The molecule has 0 aromatic heterocycles. The lowest BCUT2D eigenvalue weighted by Gasteiger charge is -2.21. The van der Waals surface area contributed by atoms with Crippen molar-refractivity contribution in [3.63, 3.8) is 0 Å². The normalized spacial score (nSPS) is 16.9. The summed E-state index contributed by atoms with van der Waals surface area (Å²) in [5.74, 6) is 2.08. The Kier molecular flexibility index (Phi) is 6.20. The van der Waals surface area contributed by atoms with E-state index in [1.165, 1.54) is 28.4 Å². The van der Waals surface area contributed by atoms with Gasteiger partial charge in [-0.25, -0.2) is 0 Å². The number of carbonyl (C=O) groups excluding carboxylic acids is 2. The number of hydrogen-bond acceptors (Lipinski definition) is 4. The third-order valence-electron chi connectivity index (χ3n) is 3.43. The van der Waals surface area contributed by atoms with Crippen molar-refractivity contribution >= 4 is 35.3 Å². The van der Waals surface area contributed by atoms with E-state index in [-0.39, 0.29) is 11.8 Å². The number of hydrogen-bond donors (Lipinski definition) is 1. The van der Waals surface area contributed by atoms with E-state index in [2.05, 4.69) is 5.32 Å². The third-order valence-corrected chi connectivity index (χ3v) is 6.45. The van der Waals surface area contributed by atoms with Crippen LogP contribution < -0.4 is 5.32 Å². The molecular weight excluding hydrogens is 316 g/mol. The predicted octanol–water partition coefficient (Wildman–Crippen LogP) is 2.76. The van der Waals surface area contributed by atoms with E-state index in [9.17, 15) is 9.59 Å². The van der Waals surface area contributed by atoms with Crippen LogP contribution in [0.2, 0.25) is 0 Å². The summed E-state index contributed by atoms with van der Waals surface area (Å²) in [4.78, 5) is 25.4. The monoisotopic (exact) mass is 338 g/mol. The van der Waals surface area contributed by atoms with E-state index in [1.54, 1.807) is 21.0 Å². The highest BCUT2D eigenvalue weighted by Gasteiger charge is 2.19. The second-order valence-electron chi connectivity index (χ2n) is 5.48. The van der Waals surface area contributed by atoms with E-state index < -0.39 is 6.04 Å². The number of rotatable bonds is 4. The molecule has 1 aromatic carbocycles. The van der Waals surface area contributed by atoms with E-state index in [0.717, 1.165) is 0 Å². The molecule has 1 aliphatic rings. The summed E-state index contributed by atoms with van der Waals surface area (Å²) in [6.45, 7) is 1.70. The van der Waals surface area contributed by atoms with Crippen LogP contribution in [0.25, 0.3) is 0 Å². The van der Waals surface area contributed by atoms with Gasteiger partial charge in [0.15, 0.2) is 0 Å². The maximum atomic E-state index is 12.2. The fraction of sp³-hybridized carbons (Fsp3) is 0.500. The molecule has 4 nitrogen and oxygen atoms in total. The molecule has 1 fully saturated rings. The molecule has 1 N–H and O–H groups in total. The first-order valence-electron chi connectivity index (χ1n) is 7.34. The summed E-state index contributed by atoms with van der Waals surface area (Å²) < 4.78 is 0.472. The van der Waals surface area contributed by atoms with Gasteiger partial charge >= 0.3 is 0 Å². The quantitative estimate of drug-likeness (QED) is 0.917. The largest absolute Gasteiger partial charge is 0.347 e. The van der Waals surface area contributed by atoms with Gasteiger partial charge in [0, 0.05) is 19.7 Å². The van der Waals surface area contributed by atoms with Crippen molar-refractivity contribution in [2.24, 2.45) is 0 Å². The minimum atomic E-state index is -0.522. The minimum Gasteiger partial charge on any atom is -0.347 e. The lowest BCUT2D eigenvalue weighted by Crippen LogP contribution is -2.44. The van der Waals surface area contributed by atoms with Gasteiger partial charge in [0.1, 0.15) is 6.04 Å². The molecular formula is C16H22N2O2S2. The van der Waals surface area contributed by atoms with E-state index in [4.69, 9.17) is 0 Å². The zero-order valence-corrected chi connectivity index (χ0v) is 14.8. The lowest BCUT2D eigenvalue weighted by atomic mass is 10.1. The second kappa shape index (κ2) is 7.92. The summed E-state index contributed by atoms with van der Waals surface area (Å²) in [7, 11) is 3.36. The number of nitrogens with one attached hydrogen (secondary N) is 1. The molecule has 0 bridgehead atoms. The Hall–Kier alpha value is -1.14. The van der Waals surface area contributed by atoms with Crippen molar-refractivity contribution in [3.05, 3.63) is 35.4 Å². The standard InChI is InChI=1S/C16H22N2O2S2/c1-11(15(20)18(2)3)17-14(19)12-5-7-13(8-6-12)16-21-9-4-10-22-16/h5-8,11,16H,4,9-10H2,1-3H3,(H,17,19)/t11-/m1/s1. The van der Waals surface area contributed by atoms with Gasteiger partial charge in [-0.1, -0.05) is 12.1 Å². The van der Waals surface area contributed by atoms with Crippen molar-refractivity contribution in [3.8, 4) is 0 Å². The van der Waals surface area contributed by atoms with Crippen LogP contribution >= 0.6 is 23.5 Å². The number of benzene rings is 1. The summed E-state index contributed by atoms with van der Waals surface area (Å²) in [5, 5.41) is 2.74. The summed E-state index contributed by atoms with van der Waals surface area (Å²) in [6.07, 6.45) is 1.27. The van der Waals surface area contributed by atoms with E-state index in [1.807, 2.05) is 47.8 Å². The average molecular weight is 338 g/mol. The highest BCUT2D eigenvalue weighted by Crippen LogP contribution is 2.43. The van der Waals surface area contributed by atoms with Gasteiger partial charge < -0.3 is 10.2 Å². The van der Waals surface area contributed by atoms with Crippen LogP contribution in [-0.2, 0) is 4.79 Å². The van der Waals surface area contributed by atoms with Crippen molar-refractivity contribution in [1.29, 1.82) is 0 Å². The van der Waals surface area contributed by atoms with Gasteiger partial charge in [-0.15, -0.1) is 23.5 Å². The first-order valence-corrected chi connectivity index (χ1v) is 9.44. The van der Waals surface area contributed by atoms with Crippen LogP contribution in [0.5, 0.6) is 0 Å². The SMILES string of the molecule is C[C@@H](NC(=O)c1ccc(C2SCCCS2)cc1)C(=O)N(C)C. The van der Waals surface area contributed by atoms with Gasteiger partial charge in [0.2, 0.25) is 5.91 Å². The molecule has 22 heavy (non-hydrogen) atoms. The van der Waals surface area contributed by atoms with Crippen LogP contribution in [0.15, 0.2) is 24.3 Å². The fourth-order valence-corrected chi connectivity index (χ4v) is 5.10. The summed E-state index contributed by atoms with van der Waals surface area (Å²) in [5.41, 5.74) is 1.84. The molecule has 0 radical (unpaired) electrons. The maximum absolute atomic E-state index is 12.2. The van der Waals surface area contributed by atoms with Gasteiger partial charge in [0.25, 0.3) is 5.91 Å². The third kappa shape index (κ3) is 4.43. The Morgan fingerprint density at radius 2 is 1.77 bits per heavy atom. The molecule has 120 valence electrons. The second-order valence-corrected chi connectivity index (χ2v) is 8.20. The highest BCUT2D eigenvalue weighted by molar-refractivity contribution is 8.16. The Bertz CT molecular complexity index is 525. The Morgan fingerprint density at radius 3 is 2.32 bits per heavy atom. The van der Waals surface area contributed by atoms with Crippen molar-refractivity contribution in [2.45, 2.75) is 24.0 Å². The fourth-order valence-electron chi connectivity index (χ4n) is 2.20. The van der Waals surface area contributed by atoms with Crippen LogP contribution in [0, 0.1) is 0 Å². The van der Waals surface area contributed by atoms with Gasteiger partial charge in [-0.3, -0.25) is 9.59 Å². The molecule has 0 spiro atoms. The summed E-state index contributed by atoms with van der Waals surface area (Å²) >= 11 is 3.92. The van der Waals surface area contributed by atoms with Gasteiger partial charge in [0.05, 0.1) is 4.58 Å². The van der Waals surface area contributed by atoms with Crippen molar-refractivity contribution < 1.29 is 9.59 Å². The molecule has 0 saturated carbocycles. The van der Waals surface area contributed by atoms with Crippen molar-refractivity contribution in [1.82, 2.24) is 10.2 Å². The maximum Gasteiger partial charge on any atom is 0.251 e. The first-order chi connectivity index (χ1) is 10.5. The number of carbonyl (C=O) groups is 2. The molecule has 6 heteroatoms. The molecule has 1 aliphatic heterocycles. The number of thioether (sulfide) groups is 2. The first kappa shape index (κ1) is 17.2. The number of amides is 2. The molecule has 0 aliphatic carbocycles. The molecule has 1 heterocycles. The molecule has 1 aromatic rings. The van der Waals surface area contributed by atoms with E-state index >= 15 is 0 Å². The minimum absolute atomic E-state index is 0.111. The van der Waals surface area contributed by atoms with Crippen LogP contribution in [-0.4, -0.2) is 48.4 Å². The Labute approximate surface area is 140 Å². The lowest BCUT2D eigenvalue weighted by molar-refractivity contribution is -0.130. The molecule has 1 atom stereocenters.